The van der Waals surface area contributed by atoms with Crippen molar-refractivity contribution in [2.75, 3.05) is 18.4 Å². The molecule has 0 aromatic heterocycles. The fourth-order valence-corrected chi connectivity index (χ4v) is 2.60. The lowest BCUT2D eigenvalue weighted by Crippen LogP contribution is -2.30. The van der Waals surface area contributed by atoms with E-state index in [0.717, 1.165) is 12.1 Å². The number of amides is 2. The van der Waals surface area contributed by atoms with E-state index >= 15 is 0 Å². The van der Waals surface area contributed by atoms with Crippen molar-refractivity contribution in [2.45, 2.75) is 19.5 Å². The molecule has 2 rings (SSSR count). The van der Waals surface area contributed by atoms with Gasteiger partial charge in [0.15, 0.2) is 0 Å². The quantitative estimate of drug-likeness (QED) is 0.628. The van der Waals surface area contributed by atoms with Crippen LogP contribution in [0.1, 0.15) is 28.4 Å². The summed E-state index contributed by atoms with van der Waals surface area (Å²) < 4.78 is 37.9. The number of rotatable bonds is 7. The molecule has 5 nitrogen and oxygen atoms in total. The molecule has 2 aromatic carbocycles. The molecular weight excluding hydrogens is 407 g/mol. The second-order valence-electron chi connectivity index (χ2n) is 6.38. The minimum Gasteiger partial charge on any atom is -0.351 e. The fourth-order valence-electron chi connectivity index (χ4n) is 2.60. The van der Waals surface area contributed by atoms with Gasteiger partial charge in [-0.05, 0) is 36.2 Å². The van der Waals surface area contributed by atoms with Crippen molar-refractivity contribution in [2.24, 2.45) is 11.7 Å². The number of benzene rings is 2. The average molecular weight is 430 g/mol. The molecule has 2 aromatic rings. The van der Waals surface area contributed by atoms with E-state index in [1.807, 2.05) is 0 Å². The predicted molar refractivity (Wildman–Crippen MR) is 108 cm³/mol. The van der Waals surface area contributed by atoms with Gasteiger partial charge in [-0.25, -0.2) is 0 Å². The van der Waals surface area contributed by atoms with E-state index in [2.05, 4.69) is 10.6 Å². The molecular formula is C20H23ClF3N3O2. The van der Waals surface area contributed by atoms with E-state index in [0.29, 0.717) is 29.9 Å². The third-order valence-corrected chi connectivity index (χ3v) is 4.13. The van der Waals surface area contributed by atoms with Crippen LogP contribution in [-0.4, -0.2) is 24.9 Å². The summed E-state index contributed by atoms with van der Waals surface area (Å²) in [7, 11) is 0. The molecule has 4 N–H and O–H groups in total. The standard InChI is InChI=1S/C20H22F3N3O2.ClH/c1-13(12-14-6-8-15(9-7-14)20(21,22)23)18(27)26-17-5-3-2-4-16(17)19(28)25-11-10-24;/h2-9,13H,10-12,24H2,1H3,(H,25,28)(H,26,27);1H. The molecule has 0 aliphatic heterocycles. The molecule has 0 aliphatic rings. The Hall–Kier alpha value is -2.58. The Labute approximate surface area is 173 Å². The van der Waals surface area contributed by atoms with Gasteiger partial charge in [0, 0.05) is 19.0 Å². The van der Waals surface area contributed by atoms with Crippen LogP contribution < -0.4 is 16.4 Å². The van der Waals surface area contributed by atoms with Gasteiger partial charge in [0.25, 0.3) is 5.91 Å². The average Bonchev–Trinajstić information content (AvgIpc) is 2.66. The van der Waals surface area contributed by atoms with Gasteiger partial charge in [-0.1, -0.05) is 31.2 Å². The summed E-state index contributed by atoms with van der Waals surface area (Å²) in [5, 5.41) is 5.35. The maximum Gasteiger partial charge on any atom is 0.416 e. The van der Waals surface area contributed by atoms with Gasteiger partial charge in [-0.3, -0.25) is 9.59 Å². The van der Waals surface area contributed by atoms with Crippen LogP contribution in [0.5, 0.6) is 0 Å². The number of hydrogen-bond donors (Lipinski definition) is 3. The van der Waals surface area contributed by atoms with E-state index in [1.165, 1.54) is 12.1 Å². The third-order valence-electron chi connectivity index (χ3n) is 4.13. The highest BCUT2D eigenvalue weighted by atomic mass is 35.5. The zero-order valence-corrected chi connectivity index (χ0v) is 16.6. The maximum atomic E-state index is 12.6. The van der Waals surface area contributed by atoms with Crippen molar-refractivity contribution < 1.29 is 22.8 Å². The van der Waals surface area contributed by atoms with E-state index in [1.54, 1.807) is 31.2 Å². The third kappa shape index (κ3) is 7.07. The van der Waals surface area contributed by atoms with Gasteiger partial charge >= 0.3 is 6.18 Å². The van der Waals surface area contributed by atoms with Crippen LogP contribution in [0.3, 0.4) is 0 Å². The molecule has 0 saturated carbocycles. The summed E-state index contributed by atoms with van der Waals surface area (Å²) in [6.07, 6.45) is -4.12. The Kier molecular flexibility index (Phi) is 9.13. The SMILES string of the molecule is CC(Cc1ccc(C(F)(F)F)cc1)C(=O)Nc1ccccc1C(=O)NCCN.Cl. The second kappa shape index (κ2) is 10.8. The highest BCUT2D eigenvalue weighted by molar-refractivity contribution is 6.04. The molecule has 0 heterocycles. The number of carbonyl (C=O) groups is 2. The van der Waals surface area contributed by atoms with Gasteiger partial charge in [-0.2, -0.15) is 13.2 Å². The van der Waals surface area contributed by atoms with E-state index < -0.39 is 17.7 Å². The Bertz CT molecular complexity index is 826. The lowest BCUT2D eigenvalue weighted by atomic mass is 9.99. The predicted octanol–water partition coefficient (Wildman–Crippen LogP) is 3.63. The monoisotopic (exact) mass is 429 g/mol. The molecule has 0 saturated heterocycles. The zero-order valence-electron chi connectivity index (χ0n) is 15.8. The summed E-state index contributed by atoms with van der Waals surface area (Å²) in [5.74, 6) is -1.19. The topological polar surface area (TPSA) is 84.2 Å². The van der Waals surface area contributed by atoms with Crippen molar-refractivity contribution in [3.8, 4) is 0 Å². The first-order valence-electron chi connectivity index (χ1n) is 8.76. The summed E-state index contributed by atoms with van der Waals surface area (Å²) in [4.78, 5) is 24.7. The van der Waals surface area contributed by atoms with Crippen LogP contribution >= 0.6 is 12.4 Å². The van der Waals surface area contributed by atoms with Crippen molar-refractivity contribution in [1.82, 2.24) is 5.32 Å². The molecule has 0 spiro atoms. The van der Waals surface area contributed by atoms with Crippen LogP contribution in [-0.2, 0) is 17.4 Å². The molecule has 0 fully saturated rings. The van der Waals surface area contributed by atoms with Gasteiger partial charge < -0.3 is 16.4 Å². The molecule has 158 valence electrons. The smallest absolute Gasteiger partial charge is 0.351 e. The first-order chi connectivity index (χ1) is 13.2. The van der Waals surface area contributed by atoms with Gasteiger partial charge in [0.2, 0.25) is 5.91 Å². The number of nitrogens with one attached hydrogen (secondary N) is 2. The second-order valence-corrected chi connectivity index (χ2v) is 6.38. The van der Waals surface area contributed by atoms with Gasteiger partial charge in [0.1, 0.15) is 0 Å². The van der Waals surface area contributed by atoms with E-state index in [9.17, 15) is 22.8 Å². The number of nitrogens with two attached hydrogens (primary N) is 1. The van der Waals surface area contributed by atoms with Crippen LogP contribution in [0.15, 0.2) is 48.5 Å². The summed E-state index contributed by atoms with van der Waals surface area (Å²) in [6, 6.07) is 11.3. The van der Waals surface area contributed by atoms with Crippen LogP contribution in [0, 0.1) is 5.92 Å². The van der Waals surface area contributed by atoms with Crippen LogP contribution in [0.2, 0.25) is 0 Å². The molecule has 0 bridgehead atoms. The molecule has 1 atom stereocenters. The molecule has 9 heteroatoms. The molecule has 0 radical (unpaired) electrons. The van der Waals surface area contributed by atoms with Crippen molar-refractivity contribution in [1.29, 1.82) is 0 Å². The first-order valence-corrected chi connectivity index (χ1v) is 8.76. The number of alkyl halides is 3. The summed E-state index contributed by atoms with van der Waals surface area (Å²) in [6.45, 7) is 2.28. The van der Waals surface area contributed by atoms with E-state index in [4.69, 9.17) is 5.73 Å². The Morgan fingerprint density at radius 3 is 2.28 bits per heavy atom. The largest absolute Gasteiger partial charge is 0.416 e. The van der Waals surface area contributed by atoms with Gasteiger partial charge in [-0.15, -0.1) is 12.4 Å². The maximum absolute atomic E-state index is 12.6. The minimum absolute atomic E-state index is 0. The molecule has 1 unspecified atom stereocenters. The fraction of sp³-hybridized carbons (Fsp3) is 0.300. The highest BCUT2D eigenvalue weighted by Crippen LogP contribution is 2.29. The Morgan fingerprint density at radius 2 is 1.69 bits per heavy atom. The summed E-state index contributed by atoms with van der Waals surface area (Å²) in [5.41, 5.74) is 5.93. The Balaban J connectivity index is 0.00000420. The molecule has 0 aliphatic carbocycles. The minimum atomic E-state index is -4.39. The molecule has 2 amide bonds. The van der Waals surface area contributed by atoms with Crippen LogP contribution in [0.4, 0.5) is 18.9 Å². The number of hydrogen-bond acceptors (Lipinski definition) is 3. The zero-order chi connectivity index (χ0) is 20.7. The molecule has 29 heavy (non-hydrogen) atoms. The Morgan fingerprint density at radius 1 is 1.07 bits per heavy atom. The van der Waals surface area contributed by atoms with Gasteiger partial charge in [0.05, 0.1) is 16.8 Å². The first kappa shape index (κ1) is 24.5. The number of anilines is 1. The lowest BCUT2D eigenvalue weighted by Gasteiger charge is -2.15. The van der Waals surface area contributed by atoms with Crippen molar-refractivity contribution in [3.63, 3.8) is 0 Å². The highest BCUT2D eigenvalue weighted by Gasteiger charge is 2.30. The lowest BCUT2D eigenvalue weighted by molar-refractivity contribution is -0.137. The van der Waals surface area contributed by atoms with Crippen LogP contribution in [0.25, 0.3) is 0 Å². The number of carbonyl (C=O) groups excluding carboxylic acids is 2. The number of para-hydroxylation sites is 1. The normalized spacial score (nSPS) is 11.9. The number of halogens is 4. The van der Waals surface area contributed by atoms with Crippen molar-refractivity contribution >= 4 is 29.9 Å². The van der Waals surface area contributed by atoms with Crippen molar-refractivity contribution in [3.05, 3.63) is 65.2 Å². The summed E-state index contributed by atoms with van der Waals surface area (Å²) >= 11 is 0. The van der Waals surface area contributed by atoms with E-state index in [-0.39, 0.29) is 30.6 Å².